The smallest absolute Gasteiger partial charge is 0.229 e. The molecule has 0 aliphatic carbocycles. The number of carbonyl (C=O) groups is 2. The summed E-state index contributed by atoms with van der Waals surface area (Å²) in [4.78, 5) is 26.3. The fourth-order valence-electron chi connectivity index (χ4n) is 3.01. The van der Waals surface area contributed by atoms with Gasteiger partial charge in [0, 0.05) is 18.0 Å². The first-order chi connectivity index (χ1) is 13.5. The van der Waals surface area contributed by atoms with Crippen LogP contribution in [0.2, 0.25) is 5.02 Å². The second-order valence-electron chi connectivity index (χ2n) is 6.39. The second-order valence-corrected chi connectivity index (χ2v) is 6.83. The normalized spacial score (nSPS) is 16.1. The minimum absolute atomic E-state index is 0.0795. The molecule has 3 rings (SSSR count). The van der Waals surface area contributed by atoms with Gasteiger partial charge in [-0.15, -0.1) is 0 Å². The Balaban J connectivity index is 1.53. The molecule has 2 amide bonds. The molecule has 1 heterocycles. The van der Waals surface area contributed by atoms with E-state index in [4.69, 9.17) is 21.1 Å². The van der Waals surface area contributed by atoms with E-state index < -0.39 is 5.92 Å². The lowest BCUT2D eigenvalue weighted by atomic mass is 10.1. The topological polar surface area (TPSA) is 88.1 Å². The lowest BCUT2D eigenvalue weighted by Gasteiger charge is -2.18. The molecule has 0 radical (unpaired) electrons. The summed E-state index contributed by atoms with van der Waals surface area (Å²) in [6, 6.07) is 11.7. The van der Waals surface area contributed by atoms with Crippen molar-refractivity contribution in [2.45, 2.75) is 6.42 Å². The van der Waals surface area contributed by atoms with Gasteiger partial charge in [-0.2, -0.15) is 0 Å². The fraction of sp³-hybridized carbons (Fsp3) is 0.300. The number of rotatable bonds is 7. The molecular weight excluding hydrogens is 384 g/mol. The molecular formula is C20H21ClN2O5. The van der Waals surface area contributed by atoms with Gasteiger partial charge in [-0.1, -0.05) is 23.7 Å². The van der Waals surface area contributed by atoms with Crippen molar-refractivity contribution in [3.8, 4) is 17.2 Å². The third-order valence-electron chi connectivity index (χ3n) is 4.49. The van der Waals surface area contributed by atoms with Gasteiger partial charge in [0.1, 0.15) is 12.4 Å². The number of carbonyl (C=O) groups excluding carboxylic acids is 2. The highest BCUT2D eigenvalue weighted by Gasteiger charge is 2.34. The molecule has 1 saturated heterocycles. The molecule has 1 aliphatic heterocycles. The number of nitrogens with zero attached hydrogens (tertiary/aromatic N) is 1. The van der Waals surface area contributed by atoms with Gasteiger partial charge in [0.25, 0.3) is 0 Å². The Hall–Kier alpha value is -2.93. The van der Waals surface area contributed by atoms with Gasteiger partial charge in [-0.05, 0) is 30.3 Å². The van der Waals surface area contributed by atoms with Crippen molar-refractivity contribution in [2.24, 2.45) is 5.92 Å². The summed E-state index contributed by atoms with van der Waals surface area (Å²) in [6.45, 7) is 0.944. The van der Waals surface area contributed by atoms with E-state index in [-0.39, 0.29) is 36.3 Å². The van der Waals surface area contributed by atoms with Gasteiger partial charge >= 0.3 is 0 Å². The predicted molar refractivity (Wildman–Crippen MR) is 105 cm³/mol. The van der Waals surface area contributed by atoms with Gasteiger partial charge in [-0.25, -0.2) is 0 Å². The highest BCUT2D eigenvalue weighted by atomic mass is 35.5. The SMILES string of the molecule is COc1ccccc1OCCN1C[C@@H](C(=O)Nc2cc(Cl)ccc2O)CC1=O. The molecule has 0 saturated carbocycles. The molecule has 2 N–H and O–H groups in total. The van der Waals surface area contributed by atoms with Crippen molar-refractivity contribution in [3.63, 3.8) is 0 Å². The van der Waals surface area contributed by atoms with Crippen LogP contribution in [0.1, 0.15) is 6.42 Å². The van der Waals surface area contributed by atoms with E-state index in [0.717, 1.165) is 0 Å². The highest BCUT2D eigenvalue weighted by Crippen LogP contribution is 2.29. The van der Waals surface area contributed by atoms with E-state index >= 15 is 0 Å². The molecule has 8 heteroatoms. The number of hydrogen-bond acceptors (Lipinski definition) is 5. The zero-order valence-corrected chi connectivity index (χ0v) is 16.1. The number of methoxy groups -OCH3 is 1. The Kier molecular flexibility index (Phi) is 6.26. The summed E-state index contributed by atoms with van der Waals surface area (Å²) < 4.78 is 10.9. The number of phenols is 1. The Bertz CT molecular complexity index is 873. The van der Waals surface area contributed by atoms with Gasteiger partial charge < -0.3 is 24.8 Å². The standard InChI is InChI=1S/C20H21ClN2O5/c1-27-17-4-2-3-5-18(17)28-9-8-23-12-13(10-19(23)25)20(26)22-15-11-14(21)6-7-16(15)24/h2-7,11,13,24H,8-10,12H2,1H3,(H,22,26)/t13-/m0/s1. The maximum atomic E-state index is 12.5. The van der Waals surface area contributed by atoms with Crippen molar-refractivity contribution >= 4 is 29.1 Å². The summed E-state index contributed by atoms with van der Waals surface area (Å²) in [7, 11) is 1.56. The third-order valence-corrected chi connectivity index (χ3v) is 4.72. The van der Waals surface area contributed by atoms with Gasteiger partial charge in [0.2, 0.25) is 11.8 Å². The Morgan fingerprint density at radius 3 is 2.79 bits per heavy atom. The van der Waals surface area contributed by atoms with Crippen LogP contribution in [-0.4, -0.2) is 48.6 Å². The minimum atomic E-state index is -0.503. The lowest BCUT2D eigenvalue weighted by Crippen LogP contribution is -2.31. The van der Waals surface area contributed by atoms with Crippen molar-refractivity contribution < 1.29 is 24.2 Å². The fourth-order valence-corrected chi connectivity index (χ4v) is 3.18. The molecule has 2 aromatic rings. The number of hydrogen-bond donors (Lipinski definition) is 2. The van der Waals surface area contributed by atoms with Crippen LogP contribution in [0.4, 0.5) is 5.69 Å². The molecule has 148 valence electrons. The summed E-state index contributed by atoms with van der Waals surface area (Å²) in [6.07, 6.45) is 0.113. The molecule has 0 unspecified atom stereocenters. The van der Waals surface area contributed by atoms with Crippen LogP contribution < -0.4 is 14.8 Å². The van der Waals surface area contributed by atoms with Crippen LogP contribution >= 0.6 is 11.6 Å². The lowest BCUT2D eigenvalue weighted by molar-refractivity contribution is -0.128. The van der Waals surface area contributed by atoms with E-state index in [2.05, 4.69) is 5.32 Å². The van der Waals surface area contributed by atoms with Crippen LogP contribution in [0, 0.1) is 5.92 Å². The molecule has 1 aliphatic rings. The molecule has 2 aromatic carbocycles. The number of ether oxygens (including phenoxy) is 2. The van der Waals surface area contributed by atoms with Crippen molar-refractivity contribution in [1.29, 1.82) is 0 Å². The number of anilines is 1. The summed E-state index contributed by atoms with van der Waals surface area (Å²) >= 11 is 5.89. The van der Waals surface area contributed by atoms with Gasteiger partial charge in [0.15, 0.2) is 11.5 Å². The average molecular weight is 405 g/mol. The highest BCUT2D eigenvalue weighted by molar-refractivity contribution is 6.31. The number of aromatic hydroxyl groups is 1. The van der Waals surface area contributed by atoms with Crippen molar-refractivity contribution in [1.82, 2.24) is 4.90 Å². The van der Waals surface area contributed by atoms with Crippen molar-refractivity contribution in [3.05, 3.63) is 47.5 Å². The molecule has 1 atom stereocenters. The number of halogens is 1. The van der Waals surface area contributed by atoms with Gasteiger partial charge in [0.05, 0.1) is 25.3 Å². The number of likely N-dealkylation sites (tertiary alicyclic amines) is 1. The number of amides is 2. The first-order valence-corrected chi connectivity index (χ1v) is 9.18. The van der Waals surface area contributed by atoms with Crippen LogP contribution in [0.3, 0.4) is 0 Å². The number of benzene rings is 2. The summed E-state index contributed by atoms with van der Waals surface area (Å²) in [5.74, 6) is 0.190. The first-order valence-electron chi connectivity index (χ1n) is 8.81. The zero-order valence-electron chi connectivity index (χ0n) is 15.4. The second kappa shape index (κ2) is 8.84. The van der Waals surface area contributed by atoms with E-state index in [9.17, 15) is 14.7 Å². The van der Waals surface area contributed by atoms with Crippen LogP contribution in [0.5, 0.6) is 17.2 Å². The maximum Gasteiger partial charge on any atom is 0.229 e. The Morgan fingerprint density at radius 1 is 1.29 bits per heavy atom. The monoisotopic (exact) mass is 404 g/mol. The molecule has 0 bridgehead atoms. The van der Waals surface area contributed by atoms with Crippen LogP contribution in [0.15, 0.2) is 42.5 Å². The quantitative estimate of drug-likeness (QED) is 0.693. The average Bonchev–Trinajstić information content (AvgIpc) is 3.06. The number of para-hydroxylation sites is 2. The Morgan fingerprint density at radius 2 is 2.04 bits per heavy atom. The molecule has 7 nitrogen and oxygen atoms in total. The largest absolute Gasteiger partial charge is 0.506 e. The Labute approximate surface area is 167 Å². The van der Waals surface area contributed by atoms with E-state index in [1.54, 1.807) is 24.1 Å². The number of nitrogens with one attached hydrogen (secondary N) is 1. The minimum Gasteiger partial charge on any atom is -0.506 e. The maximum absolute atomic E-state index is 12.5. The van der Waals surface area contributed by atoms with Gasteiger partial charge in [-0.3, -0.25) is 9.59 Å². The zero-order chi connectivity index (χ0) is 20.1. The van der Waals surface area contributed by atoms with E-state index in [1.807, 2.05) is 12.1 Å². The molecule has 0 aromatic heterocycles. The summed E-state index contributed by atoms with van der Waals surface area (Å²) in [5, 5.41) is 12.8. The van der Waals surface area contributed by atoms with E-state index in [1.165, 1.54) is 18.2 Å². The third kappa shape index (κ3) is 4.67. The molecule has 28 heavy (non-hydrogen) atoms. The van der Waals surface area contributed by atoms with Crippen LogP contribution in [0.25, 0.3) is 0 Å². The first kappa shape index (κ1) is 19.8. The number of phenolic OH excluding ortho intramolecular Hbond substituents is 1. The molecule has 1 fully saturated rings. The summed E-state index contributed by atoms with van der Waals surface area (Å²) in [5.41, 5.74) is 0.225. The van der Waals surface area contributed by atoms with Crippen molar-refractivity contribution in [2.75, 3.05) is 32.1 Å². The predicted octanol–water partition coefficient (Wildman–Crippen LogP) is 2.92. The van der Waals surface area contributed by atoms with E-state index in [0.29, 0.717) is 29.6 Å². The van der Waals surface area contributed by atoms with Crippen LogP contribution in [-0.2, 0) is 9.59 Å². The molecule has 0 spiro atoms.